The van der Waals surface area contributed by atoms with E-state index in [2.05, 4.69) is 10.6 Å². The van der Waals surface area contributed by atoms with Crippen LogP contribution in [0.4, 0.5) is 4.79 Å². The third kappa shape index (κ3) is 13.6. The molecule has 0 aliphatic heterocycles. The van der Waals surface area contributed by atoms with Gasteiger partial charge >= 0.3 is 12.1 Å². The molecule has 0 aliphatic carbocycles. The van der Waals surface area contributed by atoms with Crippen molar-refractivity contribution in [1.82, 2.24) is 15.5 Å². The van der Waals surface area contributed by atoms with Crippen molar-refractivity contribution in [2.24, 2.45) is 0 Å². The normalized spacial score (nSPS) is 13.3. The summed E-state index contributed by atoms with van der Waals surface area (Å²) in [5.74, 6) is -1.97. The molecule has 11 nitrogen and oxygen atoms in total. The Morgan fingerprint density at radius 3 is 1.90 bits per heavy atom. The minimum atomic E-state index is -1.31. The highest BCUT2D eigenvalue weighted by atomic mass is 16.6. The Balaban J connectivity index is 2.12. The van der Waals surface area contributed by atoms with Crippen LogP contribution in [0.25, 0.3) is 0 Å². The van der Waals surface area contributed by atoms with E-state index < -0.39 is 53.2 Å². The Kier molecular flexibility index (Phi) is 14.5. The number of phenolic OH excluding ortho intramolecular Hbond substituents is 2. The first kappa shape index (κ1) is 40.4. The lowest BCUT2D eigenvalue weighted by Gasteiger charge is -2.35. The Morgan fingerprint density at radius 1 is 0.706 bits per heavy atom. The highest BCUT2D eigenvalue weighted by Crippen LogP contribution is 2.28. The molecule has 276 valence electrons. The third-order valence-electron chi connectivity index (χ3n) is 7.69. The van der Waals surface area contributed by atoms with Crippen LogP contribution in [0.2, 0.25) is 0 Å². The van der Waals surface area contributed by atoms with Gasteiger partial charge in [0, 0.05) is 19.4 Å². The number of unbranched alkanes of at least 4 members (excludes halogenated alkanes) is 2. The molecule has 0 fully saturated rings. The Morgan fingerprint density at radius 2 is 1.31 bits per heavy atom. The number of nitrogens with zero attached hydrogens (tertiary/aromatic N) is 1. The van der Waals surface area contributed by atoms with Crippen molar-refractivity contribution in [3.63, 3.8) is 0 Å². The number of esters is 1. The maximum Gasteiger partial charge on any atom is 0.408 e. The molecule has 4 N–H and O–H groups in total. The average Bonchev–Trinajstić information content (AvgIpc) is 3.03. The van der Waals surface area contributed by atoms with E-state index in [9.17, 15) is 29.4 Å². The van der Waals surface area contributed by atoms with E-state index >= 15 is 0 Å². The fourth-order valence-electron chi connectivity index (χ4n) is 5.45. The zero-order valence-corrected chi connectivity index (χ0v) is 30.8. The van der Waals surface area contributed by atoms with Gasteiger partial charge in [-0.25, -0.2) is 9.59 Å². The molecule has 0 aliphatic rings. The number of benzene rings is 3. The predicted octanol–water partition coefficient (Wildman–Crippen LogP) is 6.36. The number of amides is 3. The van der Waals surface area contributed by atoms with Crippen molar-refractivity contribution in [2.75, 3.05) is 6.54 Å². The van der Waals surface area contributed by atoms with Gasteiger partial charge in [-0.15, -0.1) is 0 Å². The second-order valence-electron chi connectivity index (χ2n) is 14.6. The number of carbonyl (C=O) groups excluding carboxylic acids is 4. The van der Waals surface area contributed by atoms with Gasteiger partial charge in [-0.2, -0.15) is 0 Å². The van der Waals surface area contributed by atoms with Gasteiger partial charge < -0.3 is 35.2 Å². The van der Waals surface area contributed by atoms with Crippen LogP contribution in [0.1, 0.15) is 90.5 Å². The maximum atomic E-state index is 14.8. The Labute approximate surface area is 301 Å². The number of alkyl carbamates (subject to hydrolysis) is 1. The largest absolute Gasteiger partial charge is 0.508 e. The van der Waals surface area contributed by atoms with Gasteiger partial charge in [-0.1, -0.05) is 74.4 Å². The SMILES string of the molecule is CCCCCN(C(=O)C(Cc1ccc(O)cc1)NC(=O)OC(C)(C)C)C(C(=O)NC(Cc1ccccc1)C(=O)OC(C)(C)C)c1cccc(O)c1. The molecule has 11 heteroatoms. The van der Waals surface area contributed by atoms with E-state index in [1.54, 1.807) is 65.8 Å². The number of aromatic hydroxyl groups is 2. The van der Waals surface area contributed by atoms with E-state index in [0.29, 0.717) is 17.5 Å². The van der Waals surface area contributed by atoms with Crippen molar-refractivity contribution < 1.29 is 38.9 Å². The fourth-order valence-corrected chi connectivity index (χ4v) is 5.45. The third-order valence-corrected chi connectivity index (χ3v) is 7.69. The zero-order chi connectivity index (χ0) is 37.8. The summed E-state index contributed by atoms with van der Waals surface area (Å²) in [6.07, 6.45) is 1.43. The zero-order valence-electron chi connectivity index (χ0n) is 30.8. The summed E-state index contributed by atoms with van der Waals surface area (Å²) in [6, 6.07) is 17.9. The minimum absolute atomic E-state index is 0.0194. The van der Waals surface area contributed by atoms with Gasteiger partial charge in [-0.05, 0) is 88.9 Å². The summed E-state index contributed by atoms with van der Waals surface area (Å²) >= 11 is 0. The smallest absolute Gasteiger partial charge is 0.408 e. The first-order valence-electron chi connectivity index (χ1n) is 17.4. The first-order chi connectivity index (χ1) is 24.0. The maximum absolute atomic E-state index is 14.8. The summed E-state index contributed by atoms with van der Waals surface area (Å²) in [7, 11) is 0. The molecule has 0 spiro atoms. The van der Waals surface area contributed by atoms with E-state index in [0.717, 1.165) is 18.4 Å². The lowest BCUT2D eigenvalue weighted by Crippen LogP contribution is -2.55. The lowest BCUT2D eigenvalue weighted by molar-refractivity contribution is -0.159. The quantitative estimate of drug-likeness (QED) is 0.105. The first-order valence-corrected chi connectivity index (χ1v) is 17.4. The number of hydrogen-bond donors (Lipinski definition) is 4. The summed E-state index contributed by atoms with van der Waals surface area (Å²) in [5.41, 5.74) is 0.0471. The van der Waals surface area contributed by atoms with Crippen molar-refractivity contribution in [1.29, 1.82) is 0 Å². The molecule has 51 heavy (non-hydrogen) atoms. The van der Waals surface area contributed by atoms with Gasteiger partial charge in [-0.3, -0.25) is 9.59 Å². The monoisotopic (exact) mass is 703 g/mol. The molecule has 3 unspecified atom stereocenters. The molecule has 0 saturated carbocycles. The topological polar surface area (TPSA) is 154 Å². The molecule has 0 heterocycles. The number of carbonyl (C=O) groups is 4. The fraction of sp³-hybridized carbons (Fsp3) is 0.450. The summed E-state index contributed by atoms with van der Waals surface area (Å²) in [6.45, 7) is 12.5. The molecule has 0 bridgehead atoms. The van der Waals surface area contributed by atoms with Crippen LogP contribution in [0.3, 0.4) is 0 Å². The van der Waals surface area contributed by atoms with Crippen LogP contribution in [-0.2, 0) is 36.7 Å². The van der Waals surface area contributed by atoms with Crippen molar-refractivity contribution in [3.05, 3.63) is 95.6 Å². The average molecular weight is 704 g/mol. The Bertz CT molecular complexity index is 1600. The summed E-state index contributed by atoms with van der Waals surface area (Å²) in [4.78, 5) is 57.4. The van der Waals surface area contributed by atoms with Gasteiger partial charge in [0.25, 0.3) is 0 Å². The number of ether oxygens (including phenoxy) is 2. The standard InChI is InChI=1S/C40H53N3O8/c1-8-9-13-23-43(36(47)32(42-38(49)51-40(5,6)7)24-28-19-21-30(44)22-20-28)34(29-17-14-18-31(45)26-29)35(46)41-33(37(48)50-39(2,3)4)25-27-15-11-10-12-16-27/h10-12,14-22,26,32-34,44-45H,8-9,13,23-25H2,1-7H3,(H,41,46)(H,42,49). The van der Waals surface area contributed by atoms with Gasteiger partial charge in [0.05, 0.1) is 0 Å². The van der Waals surface area contributed by atoms with Crippen LogP contribution in [0, 0.1) is 0 Å². The van der Waals surface area contributed by atoms with Crippen LogP contribution < -0.4 is 10.6 Å². The number of rotatable bonds is 15. The van der Waals surface area contributed by atoms with Crippen LogP contribution in [0.5, 0.6) is 11.5 Å². The minimum Gasteiger partial charge on any atom is -0.508 e. The lowest BCUT2D eigenvalue weighted by atomic mass is 9.98. The summed E-state index contributed by atoms with van der Waals surface area (Å²) in [5, 5.41) is 26.0. The predicted molar refractivity (Wildman–Crippen MR) is 195 cm³/mol. The van der Waals surface area contributed by atoms with E-state index in [1.807, 2.05) is 37.3 Å². The number of nitrogens with one attached hydrogen (secondary N) is 2. The second-order valence-corrected chi connectivity index (χ2v) is 14.6. The summed E-state index contributed by atoms with van der Waals surface area (Å²) < 4.78 is 11.2. The van der Waals surface area contributed by atoms with Gasteiger partial charge in [0.1, 0.15) is 40.8 Å². The van der Waals surface area contributed by atoms with Crippen molar-refractivity contribution in [3.8, 4) is 11.5 Å². The molecule has 3 rings (SSSR count). The molecular formula is C40H53N3O8. The van der Waals surface area contributed by atoms with Crippen molar-refractivity contribution in [2.45, 2.75) is 110 Å². The van der Waals surface area contributed by atoms with E-state index in [-0.39, 0.29) is 30.9 Å². The van der Waals surface area contributed by atoms with Crippen molar-refractivity contribution >= 4 is 23.9 Å². The Hall–Kier alpha value is -5.06. The highest BCUT2D eigenvalue weighted by molar-refractivity contribution is 5.94. The molecule has 0 aromatic heterocycles. The van der Waals surface area contributed by atoms with E-state index in [4.69, 9.17) is 9.47 Å². The van der Waals surface area contributed by atoms with E-state index in [1.165, 1.54) is 29.2 Å². The number of hydrogen-bond acceptors (Lipinski definition) is 8. The molecule has 3 aromatic rings. The molecule has 3 amide bonds. The second kappa shape index (κ2) is 18.3. The van der Waals surface area contributed by atoms with Gasteiger partial charge in [0.15, 0.2) is 0 Å². The molecule has 3 atom stereocenters. The molecular weight excluding hydrogens is 650 g/mol. The van der Waals surface area contributed by atoms with Crippen LogP contribution in [0.15, 0.2) is 78.9 Å². The van der Waals surface area contributed by atoms with Crippen LogP contribution in [-0.4, -0.2) is 68.8 Å². The van der Waals surface area contributed by atoms with Gasteiger partial charge in [0.2, 0.25) is 11.8 Å². The highest BCUT2D eigenvalue weighted by Gasteiger charge is 2.38. The van der Waals surface area contributed by atoms with Crippen LogP contribution >= 0.6 is 0 Å². The molecule has 0 radical (unpaired) electrons. The molecule has 3 aromatic carbocycles. The molecule has 0 saturated heterocycles. The number of phenols is 2.